The summed E-state index contributed by atoms with van der Waals surface area (Å²) in [7, 11) is 1.99. The Morgan fingerprint density at radius 3 is 2.89 bits per heavy atom. The number of benzene rings is 2. The van der Waals surface area contributed by atoms with Crippen LogP contribution in [0.3, 0.4) is 0 Å². The molecule has 5 rings (SSSR count). The third kappa shape index (κ3) is 4.70. The predicted octanol–water partition coefficient (Wildman–Crippen LogP) is 4.38. The molecule has 180 valence electrons. The topological polar surface area (TPSA) is 98.9 Å². The minimum atomic E-state index is -0.862. The molecule has 0 amide bonds. The molecule has 1 N–H and O–H groups in total. The zero-order valence-electron chi connectivity index (χ0n) is 19.5. The Balaban J connectivity index is 1.17. The minimum absolute atomic E-state index is 0.231. The largest absolute Gasteiger partial charge is 0.494 e. The van der Waals surface area contributed by atoms with Crippen LogP contribution in [0.1, 0.15) is 19.4 Å². The molecule has 0 spiro atoms. The molecule has 1 unspecified atom stereocenters. The molecule has 0 saturated carbocycles. The number of aromatic nitrogens is 3. The number of carboxylic acids is 1. The number of carboxylic acid groups (broad SMARTS) is 1. The zero-order chi connectivity index (χ0) is 24.4. The van der Waals surface area contributed by atoms with E-state index in [0.29, 0.717) is 18.2 Å². The molecular formula is C26H26N4O5. The lowest BCUT2D eigenvalue weighted by Crippen LogP contribution is -2.21. The Morgan fingerprint density at radius 2 is 2.03 bits per heavy atom. The van der Waals surface area contributed by atoms with E-state index in [1.54, 1.807) is 23.9 Å². The van der Waals surface area contributed by atoms with Gasteiger partial charge in [-0.15, -0.1) is 0 Å². The van der Waals surface area contributed by atoms with Crippen LogP contribution in [0, 0.1) is 0 Å². The fraction of sp³-hybridized carbons (Fsp3) is 0.269. The summed E-state index contributed by atoms with van der Waals surface area (Å²) in [6.45, 7) is 3.20. The van der Waals surface area contributed by atoms with Gasteiger partial charge in [0.25, 0.3) is 0 Å². The van der Waals surface area contributed by atoms with E-state index in [1.807, 2.05) is 55.6 Å². The zero-order valence-corrected chi connectivity index (χ0v) is 19.5. The van der Waals surface area contributed by atoms with Gasteiger partial charge >= 0.3 is 5.97 Å². The fourth-order valence-corrected chi connectivity index (χ4v) is 4.03. The average molecular weight is 475 g/mol. The predicted molar refractivity (Wildman–Crippen MR) is 131 cm³/mol. The van der Waals surface area contributed by atoms with E-state index in [-0.39, 0.29) is 6.79 Å². The summed E-state index contributed by atoms with van der Waals surface area (Å²) in [5.41, 5.74) is 1.74. The van der Waals surface area contributed by atoms with Crippen LogP contribution < -0.4 is 19.1 Å². The Morgan fingerprint density at radius 1 is 1.17 bits per heavy atom. The van der Waals surface area contributed by atoms with E-state index in [0.717, 1.165) is 46.7 Å². The van der Waals surface area contributed by atoms with Gasteiger partial charge in [0.15, 0.2) is 17.3 Å². The van der Waals surface area contributed by atoms with E-state index in [2.05, 4.69) is 9.88 Å². The first-order chi connectivity index (χ1) is 17.0. The Hall–Kier alpha value is -4.27. The number of hydrogen-bond acceptors (Lipinski definition) is 7. The van der Waals surface area contributed by atoms with Gasteiger partial charge in [-0.2, -0.15) is 0 Å². The molecule has 1 aliphatic heterocycles. The molecule has 0 bridgehead atoms. The van der Waals surface area contributed by atoms with Gasteiger partial charge in [0.2, 0.25) is 6.79 Å². The maximum atomic E-state index is 11.3. The Labute approximate surface area is 202 Å². The molecule has 0 aliphatic carbocycles. The van der Waals surface area contributed by atoms with Crippen molar-refractivity contribution < 1.29 is 24.1 Å². The number of rotatable bonds is 9. The van der Waals surface area contributed by atoms with Crippen molar-refractivity contribution in [3.8, 4) is 28.6 Å². The molecule has 4 aromatic rings. The van der Waals surface area contributed by atoms with Gasteiger partial charge in [0.1, 0.15) is 17.6 Å². The van der Waals surface area contributed by atoms with Gasteiger partial charge in [-0.3, -0.25) is 0 Å². The number of fused-ring (bicyclic) bond motifs is 2. The van der Waals surface area contributed by atoms with Crippen LogP contribution >= 0.6 is 0 Å². The lowest BCUT2D eigenvalue weighted by Gasteiger charge is -2.18. The van der Waals surface area contributed by atoms with Crippen molar-refractivity contribution in [2.24, 2.45) is 0 Å². The highest BCUT2D eigenvalue weighted by atomic mass is 16.7. The van der Waals surface area contributed by atoms with Gasteiger partial charge < -0.3 is 28.8 Å². The molecule has 1 aliphatic rings. The summed E-state index contributed by atoms with van der Waals surface area (Å²) in [6.07, 6.45) is 4.35. The maximum absolute atomic E-state index is 11.3. The van der Waals surface area contributed by atoms with Crippen molar-refractivity contribution in [3.05, 3.63) is 60.9 Å². The first-order valence-corrected chi connectivity index (χ1v) is 11.4. The molecule has 2 aromatic carbocycles. The second kappa shape index (κ2) is 9.54. The molecule has 35 heavy (non-hydrogen) atoms. The molecule has 1 atom stereocenters. The number of anilines is 1. The first kappa shape index (κ1) is 22.5. The molecule has 9 heteroatoms. The SMILES string of the molecule is CC(C(=O)O)n1ccc2cc(OCCCN(C)c3ccnc(-c4ccc5c(c4)OCO5)n3)ccc21. The Bertz CT molecular complexity index is 1370. The third-order valence-corrected chi connectivity index (χ3v) is 6.04. The van der Waals surface area contributed by atoms with Gasteiger partial charge in [-0.1, -0.05) is 0 Å². The van der Waals surface area contributed by atoms with Crippen LogP contribution in [0.25, 0.3) is 22.3 Å². The lowest BCUT2D eigenvalue weighted by molar-refractivity contribution is -0.140. The highest BCUT2D eigenvalue weighted by molar-refractivity contribution is 5.84. The monoisotopic (exact) mass is 474 g/mol. The van der Waals surface area contributed by atoms with Gasteiger partial charge in [0.05, 0.1) is 6.61 Å². The van der Waals surface area contributed by atoms with Crippen molar-refractivity contribution in [2.75, 3.05) is 31.9 Å². The molecule has 9 nitrogen and oxygen atoms in total. The summed E-state index contributed by atoms with van der Waals surface area (Å²) in [5, 5.41) is 10.2. The quantitative estimate of drug-likeness (QED) is 0.357. The molecule has 0 saturated heterocycles. The van der Waals surface area contributed by atoms with E-state index in [1.165, 1.54) is 0 Å². The molecule has 0 radical (unpaired) electrons. The lowest BCUT2D eigenvalue weighted by atomic mass is 10.2. The van der Waals surface area contributed by atoms with E-state index in [9.17, 15) is 9.90 Å². The smallest absolute Gasteiger partial charge is 0.326 e. The van der Waals surface area contributed by atoms with Crippen LogP contribution in [0.4, 0.5) is 5.82 Å². The number of ether oxygens (including phenoxy) is 3. The van der Waals surface area contributed by atoms with Crippen molar-refractivity contribution >= 4 is 22.7 Å². The second-order valence-corrected chi connectivity index (χ2v) is 8.39. The number of carbonyl (C=O) groups is 1. The number of aliphatic carboxylic acids is 1. The highest BCUT2D eigenvalue weighted by Crippen LogP contribution is 2.35. The van der Waals surface area contributed by atoms with Crippen molar-refractivity contribution in [2.45, 2.75) is 19.4 Å². The van der Waals surface area contributed by atoms with E-state index in [4.69, 9.17) is 19.2 Å². The van der Waals surface area contributed by atoms with E-state index < -0.39 is 12.0 Å². The van der Waals surface area contributed by atoms with Gasteiger partial charge in [-0.05, 0) is 61.9 Å². The van der Waals surface area contributed by atoms with Gasteiger partial charge in [-0.25, -0.2) is 14.8 Å². The summed E-state index contributed by atoms with van der Waals surface area (Å²) in [6, 6.07) is 14.6. The van der Waals surface area contributed by atoms with Crippen molar-refractivity contribution in [1.29, 1.82) is 0 Å². The maximum Gasteiger partial charge on any atom is 0.326 e. The molecule has 2 aromatic heterocycles. The average Bonchev–Trinajstić information content (AvgIpc) is 3.52. The fourth-order valence-electron chi connectivity index (χ4n) is 4.03. The summed E-state index contributed by atoms with van der Waals surface area (Å²) >= 11 is 0. The summed E-state index contributed by atoms with van der Waals surface area (Å²) in [5.74, 6) is 2.78. The summed E-state index contributed by atoms with van der Waals surface area (Å²) in [4.78, 5) is 22.5. The van der Waals surface area contributed by atoms with Gasteiger partial charge in [0, 0.05) is 42.5 Å². The molecule has 0 fully saturated rings. The van der Waals surface area contributed by atoms with Crippen LogP contribution in [0.2, 0.25) is 0 Å². The first-order valence-electron chi connectivity index (χ1n) is 11.4. The van der Waals surface area contributed by atoms with E-state index >= 15 is 0 Å². The van der Waals surface area contributed by atoms with Crippen LogP contribution in [-0.2, 0) is 4.79 Å². The van der Waals surface area contributed by atoms with Crippen molar-refractivity contribution in [1.82, 2.24) is 14.5 Å². The molecule has 3 heterocycles. The molecular weight excluding hydrogens is 448 g/mol. The number of nitrogens with zero attached hydrogens (tertiary/aromatic N) is 4. The highest BCUT2D eigenvalue weighted by Gasteiger charge is 2.16. The standard InChI is InChI=1S/C26H26N4O5/c1-17(26(31)32)30-12-9-18-14-20(5-6-21(18)30)33-13-3-11-29(2)24-8-10-27-25(28-24)19-4-7-22-23(15-19)35-16-34-22/h4-10,12,14-15,17H,3,11,13,16H2,1-2H3,(H,31,32). The van der Waals surface area contributed by atoms with Crippen molar-refractivity contribution in [3.63, 3.8) is 0 Å². The van der Waals surface area contributed by atoms with Crippen LogP contribution in [0.5, 0.6) is 17.2 Å². The normalized spacial score (nSPS) is 13.1. The second-order valence-electron chi connectivity index (χ2n) is 8.39. The third-order valence-electron chi connectivity index (χ3n) is 6.04. The Kier molecular flexibility index (Phi) is 6.13. The summed E-state index contributed by atoms with van der Waals surface area (Å²) < 4.78 is 18.5. The minimum Gasteiger partial charge on any atom is -0.494 e. The van der Waals surface area contributed by atoms with Crippen LogP contribution in [0.15, 0.2) is 60.9 Å². The van der Waals surface area contributed by atoms with Crippen LogP contribution in [-0.4, -0.2) is 52.6 Å². The number of hydrogen-bond donors (Lipinski definition) is 1.